The Labute approximate surface area is 165 Å². The molecule has 0 fully saturated rings. The Hall–Kier alpha value is -3.95. The Bertz CT molecular complexity index is 910. The number of aromatic carboxylic acids is 2. The van der Waals surface area contributed by atoms with E-state index in [1.165, 1.54) is 13.8 Å². The molecule has 0 saturated heterocycles. The van der Waals surface area contributed by atoms with Gasteiger partial charge in [0.15, 0.2) is 0 Å². The number of hydrogen-bond acceptors (Lipinski definition) is 8. The van der Waals surface area contributed by atoms with Crippen LogP contribution in [-0.2, 0) is 19.1 Å². The van der Waals surface area contributed by atoms with Crippen molar-refractivity contribution in [2.24, 2.45) is 0 Å². The van der Waals surface area contributed by atoms with E-state index >= 15 is 0 Å². The van der Waals surface area contributed by atoms with Crippen LogP contribution in [0.25, 0.3) is 0 Å². The molecule has 0 heterocycles. The smallest absolute Gasteiger partial charge is 0.339 e. The fourth-order valence-electron chi connectivity index (χ4n) is 1.83. The van der Waals surface area contributed by atoms with E-state index in [0.29, 0.717) is 0 Å². The van der Waals surface area contributed by atoms with Gasteiger partial charge >= 0.3 is 29.8 Å². The number of rotatable bonds is 9. The maximum Gasteiger partial charge on any atom is 0.339 e. The van der Waals surface area contributed by atoms with Crippen molar-refractivity contribution >= 4 is 29.8 Å². The maximum atomic E-state index is 12.2. The molecule has 10 heteroatoms. The number of ether oxygens (including phenoxy) is 3. The van der Waals surface area contributed by atoms with Crippen molar-refractivity contribution in [2.75, 3.05) is 13.2 Å². The molecule has 1 rings (SSSR count). The average molecular weight is 406 g/mol. The number of hydrogen-bond donors (Lipinski definition) is 2. The van der Waals surface area contributed by atoms with E-state index in [1.807, 2.05) is 0 Å². The quantitative estimate of drug-likeness (QED) is 0.269. The Morgan fingerprint density at radius 3 is 1.79 bits per heavy atom. The minimum Gasteiger partial charge on any atom is -0.478 e. The summed E-state index contributed by atoms with van der Waals surface area (Å²) in [5.41, 5.74) is -1.79. The Morgan fingerprint density at radius 1 is 0.793 bits per heavy atom. The van der Waals surface area contributed by atoms with Crippen LogP contribution in [0.1, 0.15) is 44.9 Å². The van der Waals surface area contributed by atoms with Gasteiger partial charge in [-0.2, -0.15) is 0 Å². The molecular formula is C19H18O10. The van der Waals surface area contributed by atoms with E-state index < -0.39 is 58.9 Å². The molecule has 1 aromatic rings. The van der Waals surface area contributed by atoms with Gasteiger partial charge in [0.05, 0.1) is 11.1 Å². The summed E-state index contributed by atoms with van der Waals surface area (Å²) < 4.78 is 14.4. The lowest BCUT2D eigenvalue weighted by atomic mass is 10.0. The van der Waals surface area contributed by atoms with Crippen molar-refractivity contribution in [1.29, 1.82) is 0 Å². The summed E-state index contributed by atoms with van der Waals surface area (Å²) in [5, 5.41) is 18.6. The number of esters is 3. The zero-order valence-electron chi connectivity index (χ0n) is 15.6. The normalized spacial score (nSPS) is 9.86. The van der Waals surface area contributed by atoms with E-state index in [9.17, 15) is 34.2 Å². The van der Waals surface area contributed by atoms with Gasteiger partial charge in [-0.25, -0.2) is 24.0 Å². The molecule has 0 spiro atoms. The molecule has 0 unspecified atom stereocenters. The Morgan fingerprint density at radius 2 is 1.31 bits per heavy atom. The lowest BCUT2D eigenvalue weighted by Crippen LogP contribution is -2.19. The number of carboxylic acids is 2. The third-order valence-electron chi connectivity index (χ3n) is 3.25. The maximum absolute atomic E-state index is 12.2. The van der Waals surface area contributed by atoms with Gasteiger partial charge in [0.25, 0.3) is 0 Å². The van der Waals surface area contributed by atoms with Crippen molar-refractivity contribution in [1.82, 2.24) is 0 Å². The van der Waals surface area contributed by atoms with Crippen LogP contribution in [0.4, 0.5) is 0 Å². The first kappa shape index (κ1) is 23.1. The van der Waals surface area contributed by atoms with E-state index in [4.69, 9.17) is 14.2 Å². The molecule has 0 aliphatic heterocycles. The third kappa shape index (κ3) is 6.31. The monoisotopic (exact) mass is 406 g/mol. The standard InChI is InChI=1S/C19H18O10/c1-9(2)17(24)27-5-6-28-19(26)12-7-13(16(22)23)14(8-11(12)15(20)21)29-18(25)10(3)4/h7-8H,1,3,5-6H2,2,4H3,(H,20,21)(H,22,23). The van der Waals surface area contributed by atoms with Crippen molar-refractivity contribution in [3.8, 4) is 5.75 Å². The zero-order chi connectivity index (χ0) is 22.3. The second kappa shape index (κ2) is 9.83. The predicted octanol–water partition coefficient (Wildman–Crippen LogP) is 1.84. The first-order chi connectivity index (χ1) is 13.5. The van der Waals surface area contributed by atoms with E-state index in [2.05, 4.69) is 13.2 Å². The molecule has 10 nitrogen and oxygen atoms in total. The van der Waals surface area contributed by atoms with Gasteiger partial charge in [-0.15, -0.1) is 0 Å². The summed E-state index contributed by atoms with van der Waals surface area (Å²) in [6.07, 6.45) is 0. The van der Waals surface area contributed by atoms with Gasteiger partial charge in [-0.1, -0.05) is 13.2 Å². The van der Waals surface area contributed by atoms with Gasteiger partial charge in [0.1, 0.15) is 24.5 Å². The molecule has 0 saturated carbocycles. The van der Waals surface area contributed by atoms with Gasteiger partial charge in [-0.3, -0.25) is 0 Å². The van der Waals surface area contributed by atoms with Gasteiger partial charge in [0, 0.05) is 11.1 Å². The highest BCUT2D eigenvalue weighted by Crippen LogP contribution is 2.26. The van der Waals surface area contributed by atoms with Gasteiger partial charge < -0.3 is 24.4 Å². The molecule has 0 radical (unpaired) electrons. The van der Waals surface area contributed by atoms with Crippen LogP contribution < -0.4 is 4.74 Å². The van der Waals surface area contributed by atoms with Crippen LogP contribution >= 0.6 is 0 Å². The van der Waals surface area contributed by atoms with Crippen molar-refractivity contribution < 1.29 is 48.4 Å². The highest BCUT2D eigenvalue weighted by Gasteiger charge is 2.25. The highest BCUT2D eigenvalue weighted by atomic mass is 16.6. The molecule has 0 atom stereocenters. The summed E-state index contributed by atoms with van der Waals surface area (Å²) in [6, 6.07) is 1.44. The van der Waals surface area contributed by atoms with Crippen LogP contribution in [0, 0.1) is 0 Å². The average Bonchev–Trinajstić information content (AvgIpc) is 2.63. The SMILES string of the molecule is C=C(C)C(=O)OCCOC(=O)c1cc(C(=O)O)c(OC(=O)C(=C)C)cc1C(=O)O. The van der Waals surface area contributed by atoms with Gasteiger partial charge in [-0.05, 0) is 26.0 Å². The largest absolute Gasteiger partial charge is 0.478 e. The van der Waals surface area contributed by atoms with E-state index in [-0.39, 0.29) is 17.8 Å². The molecule has 0 amide bonds. The lowest BCUT2D eigenvalue weighted by molar-refractivity contribution is -0.140. The topological polar surface area (TPSA) is 154 Å². The van der Waals surface area contributed by atoms with Crippen LogP contribution in [0.15, 0.2) is 36.4 Å². The van der Waals surface area contributed by atoms with Gasteiger partial charge in [0.2, 0.25) is 0 Å². The number of benzene rings is 1. The fourth-order valence-corrected chi connectivity index (χ4v) is 1.83. The lowest BCUT2D eigenvalue weighted by Gasteiger charge is -2.12. The number of carbonyl (C=O) groups is 5. The molecule has 0 aliphatic carbocycles. The molecule has 29 heavy (non-hydrogen) atoms. The molecular weight excluding hydrogens is 388 g/mol. The van der Waals surface area contributed by atoms with Crippen LogP contribution in [0.2, 0.25) is 0 Å². The van der Waals surface area contributed by atoms with Crippen LogP contribution in [0.3, 0.4) is 0 Å². The molecule has 2 N–H and O–H groups in total. The molecule has 0 bridgehead atoms. The molecule has 1 aromatic carbocycles. The molecule has 0 aliphatic rings. The minimum atomic E-state index is -1.59. The summed E-state index contributed by atoms with van der Waals surface area (Å²) in [5.74, 6) is -6.59. The summed E-state index contributed by atoms with van der Waals surface area (Å²) in [4.78, 5) is 58.0. The highest BCUT2D eigenvalue weighted by molar-refractivity contribution is 6.06. The van der Waals surface area contributed by atoms with Crippen molar-refractivity contribution in [3.05, 3.63) is 53.1 Å². The minimum absolute atomic E-state index is 0.0500. The number of carbonyl (C=O) groups excluding carboxylic acids is 3. The summed E-state index contributed by atoms with van der Waals surface area (Å²) in [7, 11) is 0. The first-order valence-electron chi connectivity index (χ1n) is 7.97. The first-order valence-corrected chi connectivity index (χ1v) is 7.97. The Balaban J connectivity index is 3.15. The molecule has 0 aromatic heterocycles. The fraction of sp³-hybridized carbons (Fsp3) is 0.211. The van der Waals surface area contributed by atoms with E-state index in [1.54, 1.807) is 0 Å². The summed E-state index contributed by atoms with van der Waals surface area (Å²) in [6.45, 7) is 8.71. The second-order valence-electron chi connectivity index (χ2n) is 5.73. The Kier molecular flexibility index (Phi) is 7.83. The van der Waals surface area contributed by atoms with Crippen LogP contribution in [-0.4, -0.2) is 53.3 Å². The number of carboxylic acid groups (broad SMARTS) is 2. The predicted molar refractivity (Wildman–Crippen MR) is 96.9 cm³/mol. The van der Waals surface area contributed by atoms with Crippen molar-refractivity contribution in [3.63, 3.8) is 0 Å². The summed E-state index contributed by atoms with van der Waals surface area (Å²) >= 11 is 0. The zero-order valence-corrected chi connectivity index (χ0v) is 15.6. The van der Waals surface area contributed by atoms with E-state index in [0.717, 1.165) is 12.1 Å². The molecule has 154 valence electrons. The third-order valence-corrected chi connectivity index (χ3v) is 3.25. The van der Waals surface area contributed by atoms with Crippen molar-refractivity contribution in [2.45, 2.75) is 13.8 Å². The second-order valence-corrected chi connectivity index (χ2v) is 5.73. The van der Waals surface area contributed by atoms with Crippen LogP contribution in [0.5, 0.6) is 5.75 Å².